The number of nitrogens with zero attached hydrogens (tertiary/aromatic N) is 1. The lowest BCUT2D eigenvalue weighted by Crippen LogP contribution is -2.60. The Balaban J connectivity index is 2.01. The zero-order chi connectivity index (χ0) is 17.7. The summed E-state index contributed by atoms with van der Waals surface area (Å²) in [4.78, 5) is 11.9. The Hall–Kier alpha value is -2.22. The molecule has 1 aromatic rings. The van der Waals surface area contributed by atoms with Gasteiger partial charge in [-0.2, -0.15) is 5.26 Å². The molecule has 1 saturated heterocycles. The van der Waals surface area contributed by atoms with Crippen LogP contribution in [0.2, 0.25) is 0 Å². The van der Waals surface area contributed by atoms with E-state index >= 15 is 0 Å². The molecule has 0 radical (unpaired) electrons. The minimum absolute atomic E-state index is 0.376. The van der Waals surface area contributed by atoms with Crippen molar-refractivity contribution in [3.63, 3.8) is 0 Å². The fourth-order valence-corrected chi connectivity index (χ4v) is 2.29. The highest BCUT2D eigenvalue weighted by atomic mass is 16.7. The maximum absolute atomic E-state index is 11.9. The number of aliphatic hydroxyl groups excluding tert-OH is 3. The first kappa shape index (κ1) is 18.1. The van der Waals surface area contributed by atoms with Crippen molar-refractivity contribution in [3.8, 4) is 6.07 Å². The molecule has 0 aliphatic carbocycles. The van der Waals surface area contributed by atoms with Gasteiger partial charge < -0.3 is 29.5 Å². The molecule has 9 nitrogen and oxygen atoms in total. The lowest BCUT2D eigenvalue weighted by molar-refractivity contribution is -0.293. The zero-order valence-corrected chi connectivity index (χ0v) is 12.8. The highest BCUT2D eigenvalue weighted by Gasteiger charge is 2.46. The van der Waals surface area contributed by atoms with Crippen molar-refractivity contribution in [2.24, 2.45) is 0 Å². The van der Waals surface area contributed by atoms with Crippen LogP contribution in [-0.2, 0) is 14.2 Å². The molecule has 0 aromatic heterocycles. The number of amides is 1. The van der Waals surface area contributed by atoms with Crippen LogP contribution in [-0.4, -0.2) is 65.8 Å². The highest BCUT2D eigenvalue weighted by molar-refractivity contribution is 5.84. The van der Waals surface area contributed by atoms with Gasteiger partial charge in [0.25, 0.3) is 0 Å². The Kier molecular flexibility index (Phi) is 6.08. The smallest absolute Gasteiger partial charge is 0.412 e. The number of methoxy groups -OCH3 is 1. The van der Waals surface area contributed by atoms with Crippen molar-refractivity contribution in [2.45, 2.75) is 30.7 Å². The fraction of sp³-hybridized carbons (Fsp3) is 0.467. The summed E-state index contributed by atoms with van der Waals surface area (Å²) in [5.41, 5.74) is 0.806. The minimum atomic E-state index is -1.49. The van der Waals surface area contributed by atoms with Gasteiger partial charge in [-0.05, 0) is 24.3 Å². The molecule has 0 bridgehead atoms. The molecule has 0 saturated carbocycles. The number of ether oxygens (including phenoxy) is 3. The minimum Gasteiger partial charge on any atom is -0.440 e. The quantitative estimate of drug-likeness (QED) is 0.579. The van der Waals surface area contributed by atoms with Crippen LogP contribution in [0.3, 0.4) is 0 Å². The topological polar surface area (TPSA) is 141 Å². The lowest BCUT2D eigenvalue weighted by Gasteiger charge is -2.40. The van der Waals surface area contributed by atoms with E-state index in [1.54, 1.807) is 0 Å². The van der Waals surface area contributed by atoms with Crippen molar-refractivity contribution in [1.29, 1.82) is 5.26 Å². The molecule has 9 heteroatoms. The first-order valence-corrected chi connectivity index (χ1v) is 7.13. The Morgan fingerprint density at radius 3 is 2.54 bits per heavy atom. The maximum atomic E-state index is 11.9. The summed E-state index contributed by atoms with van der Waals surface area (Å²) in [5.74, 6) is 0. The predicted molar refractivity (Wildman–Crippen MR) is 79.8 cm³/mol. The molecule has 0 spiro atoms. The third-order valence-corrected chi connectivity index (χ3v) is 3.56. The van der Waals surface area contributed by atoms with Crippen molar-refractivity contribution >= 4 is 11.8 Å². The van der Waals surface area contributed by atoms with Gasteiger partial charge in [0.15, 0.2) is 12.4 Å². The van der Waals surface area contributed by atoms with Crippen LogP contribution >= 0.6 is 0 Å². The van der Waals surface area contributed by atoms with E-state index in [2.05, 4.69) is 5.32 Å². The molecule has 4 N–H and O–H groups in total. The van der Waals surface area contributed by atoms with E-state index in [-0.39, 0.29) is 0 Å². The van der Waals surface area contributed by atoms with Crippen LogP contribution in [0.25, 0.3) is 0 Å². The van der Waals surface area contributed by atoms with E-state index in [1.165, 1.54) is 31.4 Å². The third kappa shape index (κ3) is 4.00. The van der Waals surface area contributed by atoms with Crippen LogP contribution in [0.5, 0.6) is 0 Å². The van der Waals surface area contributed by atoms with Crippen molar-refractivity contribution < 1.29 is 34.3 Å². The van der Waals surface area contributed by atoms with Crippen molar-refractivity contribution in [3.05, 3.63) is 29.8 Å². The van der Waals surface area contributed by atoms with Crippen LogP contribution in [0.4, 0.5) is 10.5 Å². The van der Waals surface area contributed by atoms with E-state index in [1.807, 2.05) is 6.07 Å². The average molecular weight is 338 g/mol. The van der Waals surface area contributed by atoms with Crippen LogP contribution < -0.4 is 5.32 Å². The summed E-state index contributed by atoms with van der Waals surface area (Å²) < 4.78 is 15.2. The van der Waals surface area contributed by atoms with Gasteiger partial charge in [0.2, 0.25) is 0 Å². The largest absolute Gasteiger partial charge is 0.440 e. The number of rotatable bonds is 4. The van der Waals surface area contributed by atoms with Gasteiger partial charge in [-0.1, -0.05) is 0 Å². The predicted octanol–water partition coefficient (Wildman–Crippen LogP) is -0.439. The SMILES string of the molecule is CO[C@H]1O[C@H](CO)[C@H](OC(=O)Nc2ccc(C#N)cc2)[C@H](O)[C@H]1O. The fourth-order valence-electron chi connectivity index (χ4n) is 2.29. The van der Waals surface area contributed by atoms with Gasteiger partial charge in [0, 0.05) is 12.8 Å². The number of carbonyl (C=O) groups is 1. The molecule has 1 aliphatic rings. The number of hydrogen-bond acceptors (Lipinski definition) is 8. The average Bonchev–Trinajstić information content (AvgIpc) is 2.60. The van der Waals surface area contributed by atoms with E-state index < -0.39 is 43.4 Å². The van der Waals surface area contributed by atoms with E-state index in [4.69, 9.17) is 19.5 Å². The number of nitrogens with one attached hydrogen (secondary N) is 1. The van der Waals surface area contributed by atoms with E-state index in [9.17, 15) is 20.1 Å². The second-order valence-electron chi connectivity index (χ2n) is 5.13. The second kappa shape index (κ2) is 8.05. The number of benzene rings is 1. The third-order valence-electron chi connectivity index (χ3n) is 3.56. The zero-order valence-electron chi connectivity index (χ0n) is 12.8. The Morgan fingerprint density at radius 1 is 1.33 bits per heavy atom. The molecule has 1 aromatic carbocycles. The molecular weight excluding hydrogens is 320 g/mol. The molecule has 24 heavy (non-hydrogen) atoms. The summed E-state index contributed by atoms with van der Waals surface area (Å²) in [6.45, 7) is -0.543. The molecule has 2 rings (SSSR count). The van der Waals surface area contributed by atoms with Gasteiger partial charge in [-0.3, -0.25) is 5.32 Å². The first-order chi connectivity index (χ1) is 11.5. The Labute approximate surface area is 138 Å². The number of anilines is 1. The van der Waals surface area contributed by atoms with Gasteiger partial charge >= 0.3 is 6.09 Å². The maximum Gasteiger partial charge on any atom is 0.412 e. The Bertz CT molecular complexity index is 599. The standard InChI is InChI=1S/C15H18N2O7/c1-22-14-12(20)11(19)13(10(7-18)23-14)24-15(21)17-9-4-2-8(6-16)3-5-9/h2-5,10-14,18-20H,7H2,1H3,(H,17,21)/t10-,11-,12-,13+,14+/m1/s1. The lowest BCUT2D eigenvalue weighted by atomic mass is 9.99. The van der Waals surface area contributed by atoms with Crippen LogP contribution in [0.1, 0.15) is 5.56 Å². The summed E-state index contributed by atoms with van der Waals surface area (Å²) >= 11 is 0. The molecule has 1 aliphatic heterocycles. The Morgan fingerprint density at radius 2 is 2.00 bits per heavy atom. The molecule has 130 valence electrons. The summed E-state index contributed by atoms with van der Waals surface area (Å²) in [7, 11) is 1.27. The molecule has 5 atom stereocenters. The van der Waals surface area contributed by atoms with E-state index in [0.29, 0.717) is 11.3 Å². The molecule has 0 unspecified atom stereocenters. The number of nitriles is 1. The molecule has 1 heterocycles. The van der Waals surface area contributed by atoms with Gasteiger partial charge in [0.05, 0.1) is 18.2 Å². The molecule has 1 fully saturated rings. The first-order valence-electron chi connectivity index (χ1n) is 7.13. The van der Waals surface area contributed by atoms with Gasteiger partial charge in [0.1, 0.15) is 18.3 Å². The molecular formula is C15H18N2O7. The van der Waals surface area contributed by atoms with Gasteiger partial charge in [-0.25, -0.2) is 4.79 Å². The molecule has 1 amide bonds. The normalized spacial score (nSPS) is 29.5. The summed E-state index contributed by atoms with van der Waals surface area (Å²) in [6.07, 6.45) is -7.32. The van der Waals surface area contributed by atoms with Gasteiger partial charge in [-0.15, -0.1) is 0 Å². The van der Waals surface area contributed by atoms with Crippen LogP contribution in [0, 0.1) is 11.3 Å². The second-order valence-corrected chi connectivity index (χ2v) is 5.13. The number of carbonyl (C=O) groups excluding carboxylic acids is 1. The summed E-state index contributed by atoms with van der Waals surface area (Å²) in [6, 6.07) is 7.98. The van der Waals surface area contributed by atoms with Crippen molar-refractivity contribution in [2.75, 3.05) is 19.0 Å². The summed E-state index contributed by atoms with van der Waals surface area (Å²) in [5, 5.41) is 40.4. The van der Waals surface area contributed by atoms with Crippen molar-refractivity contribution in [1.82, 2.24) is 0 Å². The van der Waals surface area contributed by atoms with E-state index in [0.717, 1.165) is 0 Å². The number of aliphatic hydroxyl groups is 3. The van der Waals surface area contributed by atoms with Crippen LogP contribution in [0.15, 0.2) is 24.3 Å². The number of hydrogen-bond donors (Lipinski definition) is 4. The monoisotopic (exact) mass is 338 g/mol. The highest BCUT2D eigenvalue weighted by Crippen LogP contribution is 2.24.